The highest BCUT2D eigenvalue weighted by Gasteiger charge is 2.36. The van der Waals surface area contributed by atoms with E-state index in [1.54, 1.807) is 60.7 Å². The molecule has 4 rings (SSSR count). The van der Waals surface area contributed by atoms with Crippen LogP contribution in [-0.2, 0) is 16.4 Å². The molecule has 1 N–H and O–H groups in total. The highest BCUT2D eigenvalue weighted by Crippen LogP contribution is 2.37. The number of hydrogen-bond donors (Lipinski definition) is 1. The molecule has 166 valence electrons. The zero-order chi connectivity index (χ0) is 23.0. The number of aryl methyl sites for hydroxylation is 1. The van der Waals surface area contributed by atoms with E-state index in [2.05, 4.69) is 5.32 Å². The van der Waals surface area contributed by atoms with Crippen LogP contribution in [0.25, 0.3) is 0 Å². The minimum Gasteiger partial charge on any atom is -0.495 e. The van der Waals surface area contributed by atoms with Gasteiger partial charge >= 0.3 is 0 Å². The van der Waals surface area contributed by atoms with E-state index >= 15 is 0 Å². The predicted molar refractivity (Wildman–Crippen MR) is 126 cm³/mol. The van der Waals surface area contributed by atoms with E-state index in [1.807, 2.05) is 13.8 Å². The SMILES string of the molecule is COc1ccc(Cl)cc1NC(=O)c1ccc2c(c1)C[C@H](C)N2S(=O)(=O)c1ccc(C)cc1. The van der Waals surface area contributed by atoms with Gasteiger partial charge in [-0.15, -0.1) is 0 Å². The van der Waals surface area contributed by atoms with Gasteiger partial charge in [0.15, 0.2) is 0 Å². The van der Waals surface area contributed by atoms with E-state index in [0.717, 1.165) is 11.1 Å². The van der Waals surface area contributed by atoms with Crippen LogP contribution in [0.2, 0.25) is 5.02 Å². The normalized spacial score (nSPS) is 15.4. The monoisotopic (exact) mass is 470 g/mol. The summed E-state index contributed by atoms with van der Waals surface area (Å²) in [6.45, 7) is 3.78. The summed E-state index contributed by atoms with van der Waals surface area (Å²) in [5, 5.41) is 3.29. The lowest BCUT2D eigenvalue weighted by atomic mass is 10.1. The number of hydrogen-bond acceptors (Lipinski definition) is 4. The summed E-state index contributed by atoms with van der Waals surface area (Å²) < 4.78 is 33.3. The van der Waals surface area contributed by atoms with Gasteiger partial charge in [0.25, 0.3) is 15.9 Å². The molecule has 6 nitrogen and oxygen atoms in total. The molecular weight excluding hydrogens is 448 g/mol. The summed E-state index contributed by atoms with van der Waals surface area (Å²) in [6, 6.07) is 16.6. The molecule has 1 amide bonds. The van der Waals surface area contributed by atoms with Crippen molar-refractivity contribution in [3.05, 3.63) is 82.4 Å². The van der Waals surface area contributed by atoms with E-state index in [-0.39, 0.29) is 16.8 Å². The third-order valence-electron chi connectivity index (χ3n) is 5.48. The zero-order valence-electron chi connectivity index (χ0n) is 17.9. The minimum absolute atomic E-state index is 0.248. The Labute approximate surface area is 192 Å². The molecule has 0 radical (unpaired) electrons. The van der Waals surface area contributed by atoms with Gasteiger partial charge in [0.1, 0.15) is 5.75 Å². The van der Waals surface area contributed by atoms with Crippen molar-refractivity contribution in [2.45, 2.75) is 31.2 Å². The number of anilines is 2. The van der Waals surface area contributed by atoms with Gasteiger partial charge in [0, 0.05) is 16.6 Å². The summed E-state index contributed by atoms with van der Waals surface area (Å²) in [6.07, 6.45) is 0.516. The topological polar surface area (TPSA) is 75.7 Å². The molecule has 3 aromatic rings. The standard InChI is InChI=1S/C24H23ClN2O4S/c1-15-4-8-20(9-5-15)32(29,30)27-16(2)12-18-13-17(6-10-22(18)27)24(28)26-21-14-19(25)7-11-23(21)31-3/h4-11,13-14,16H,12H2,1-3H3,(H,26,28)/t16-/m0/s1. The smallest absolute Gasteiger partial charge is 0.264 e. The summed E-state index contributed by atoms with van der Waals surface area (Å²) in [5.74, 6) is 0.161. The van der Waals surface area contributed by atoms with Crippen molar-refractivity contribution < 1.29 is 17.9 Å². The van der Waals surface area contributed by atoms with Crippen LogP contribution in [0, 0.1) is 6.92 Å². The quantitative estimate of drug-likeness (QED) is 0.566. The fraction of sp³-hybridized carbons (Fsp3) is 0.208. The lowest BCUT2D eigenvalue weighted by Gasteiger charge is -2.24. The van der Waals surface area contributed by atoms with Crippen LogP contribution in [0.15, 0.2) is 65.6 Å². The van der Waals surface area contributed by atoms with Crippen molar-refractivity contribution >= 4 is 38.9 Å². The summed E-state index contributed by atoms with van der Waals surface area (Å²) in [7, 11) is -2.20. The molecule has 0 bridgehead atoms. The van der Waals surface area contributed by atoms with Gasteiger partial charge < -0.3 is 10.1 Å². The van der Waals surface area contributed by atoms with Crippen LogP contribution < -0.4 is 14.4 Å². The van der Waals surface area contributed by atoms with Crippen molar-refractivity contribution in [2.24, 2.45) is 0 Å². The average molecular weight is 471 g/mol. The van der Waals surface area contributed by atoms with Gasteiger partial charge in [0.2, 0.25) is 0 Å². The lowest BCUT2D eigenvalue weighted by Crippen LogP contribution is -2.35. The molecule has 1 heterocycles. The van der Waals surface area contributed by atoms with E-state index < -0.39 is 10.0 Å². The number of ether oxygens (including phenoxy) is 1. The molecule has 0 aliphatic carbocycles. The maximum absolute atomic E-state index is 13.3. The molecule has 32 heavy (non-hydrogen) atoms. The zero-order valence-corrected chi connectivity index (χ0v) is 19.5. The first-order valence-electron chi connectivity index (χ1n) is 10.1. The number of fused-ring (bicyclic) bond motifs is 1. The number of amides is 1. The fourth-order valence-electron chi connectivity index (χ4n) is 3.91. The molecule has 0 saturated heterocycles. The molecule has 0 unspecified atom stereocenters. The Hall–Kier alpha value is -3.03. The van der Waals surface area contributed by atoms with Gasteiger partial charge in [-0.25, -0.2) is 8.42 Å². The van der Waals surface area contributed by atoms with Crippen LogP contribution in [0.5, 0.6) is 5.75 Å². The number of halogens is 1. The second kappa shape index (κ2) is 8.48. The first-order valence-corrected chi connectivity index (χ1v) is 11.9. The van der Waals surface area contributed by atoms with E-state index in [0.29, 0.717) is 34.1 Å². The maximum atomic E-state index is 13.3. The molecule has 1 aliphatic heterocycles. The van der Waals surface area contributed by atoms with Crippen LogP contribution in [0.3, 0.4) is 0 Å². The third kappa shape index (κ3) is 4.06. The summed E-state index contributed by atoms with van der Waals surface area (Å²) in [4.78, 5) is 13.1. The number of rotatable bonds is 5. The van der Waals surface area contributed by atoms with Crippen molar-refractivity contribution in [1.29, 1.82) is 0 Å². The molecule has 1 aliphatic rings. The minimum atomic E-state index is -3.71. The van der Waals surface area contributed by atoms with Crippen molar-refractivity contribution in [1.82, 2.24) is 0 Å². The van der Waals surface area contributed by atoms with E-state index in [1.165, 1.54) is 11.4 Å². The Kier molecular flexibility index (Phi) is 5.88. The van der Waals surface area contributed by atoms with Crippen LogP contribution in [0.4, 0.5) is 11.4 Å². The number of nitrogens with one attached hydrogen (secondary N) is 1. The number of sulfonamides is 1. The Morgan fingerprint density at radius 2 is 1.81 bits per heavy atom. The Morgan fingerprint density at radius 1 is 1.09 bits per heavy atom. The number of carbonyl (C=O) groups is 1. The molecule has 0 aromatic heterocycles. The number of nitrogens with zero attached hydrogens (tertiary/aromatic N) is 1. The van der Waals surface area contributed by atoms with Crippen molar-refractivity contribution in [3.63, 3.8) is 0 Å². The molecule has 1 atom stereocenters. The maximum Gasteiger partial charge on any atom is 0.264 e. The van der Waals surface area contributed by atoms with Gasteiger partial charge in [0.05, 0.1) is 23.4 Å². The van der Waals surface area contributed by atoms with Crippen molar-refractivity contribution in [2.75, 3.05) is 16.7 Å². The van der Waals surface area contributed by atoms with Gasteiger partial charge in [-0.05, 0) is 74.4 Å². The first-order chi connectivity index (χ1) is 15.2. The fourth-order valence-corrected chi connectivity index (χ4v) is 5.77. The lowest BCUT2D eigenvalue weighted by molar-refractivity contribution is 0.102. The second-order valence-electron chi connectivity index (χ2n) is 7.81. The molecule has 0 saturated carbocycles. The Morgan fingerprint density at radius 3 is 2.50 bits per heavy atom. The number of carbonyl (C=O) groups excluding carboxylic acids is 1. The Bertz CT molecular complexity index is 1290. The first kappa shape index (κ1) is 22.2. The van der Waals surface area contributed by atoms with Crippen LogP contribution >= 0.6 is 11.6 Å². The average Bonchev–Trinajstić information content (AvgIpc) is 3.09. The summed E-state index contributed by atoms with van der Waals surface area (Å²) in [5.41, 5.74) is 3.27. The van der Waals surface area contributed by atoms with Crippen LogP contribution in [-0.4, -0.2) is 27.5 Å². The molecular formula is C24H23ClN2O4S. The third-order valence-corrected chi connectivity index (χ3v) is 7.66. The van der Waals surface area contributed by atoms with E-state index in [9.17, 15) is 13.2 Å². The van der Waals surface area contributed by atoms with Crippen LogP contribution in [0.1, 0.15) is 28.4 Å². The Balaban J connectivity index is 1.64. The highest BCUT2D eigenvalue weighted by molar-refractivity contribution is 7.92. The van der Waals surface area contributed by atoms with Gasteiger partial charge in [-0.3, -0.25) is 9.10 Å². The highest BCUT2D eigenvalue weighted by atomic mass is 35.5. The molecule has 0 fully saturated rings. The van der Waals surface area contributed by atoms with Crippen molar-refractivity contribution in [3.8, 4) is 5.75 Å². The predicted octanol–water partition coefficient (Wildman–Crippen LogP) is 5.05. The van der Waals surface area contributed by atoms with E-state index in [4.69, 9.17) is 16.3 Å². The number of benzene rings is 3. The largest absolute Gasteiger partial charge is 0.495 e. The van der Waals surface area contributed by atoms with Gasteiger partial charge in [-0.2, -0.15) is 0 Å². The molecule has 8 heteroatoms. The molecule has 0 spiro atoms. The van der Waals surface area contributed by atoms with Gasteiger partial charge in [-0.1, -0.05) is 29.3 Å². The number of methoxy groups -OCH3 is 1. The second-order valence-corrected chi connectivity index (χ2v) is 10.1. The summed E-state index contributed by atoms with van der Waals surface area (Å²) >= 11 is 6.04. The molecule has 3 aromatic carbocycles.